The normalized spacial score (nSPS) is 23.9. The van der Waals surface area contributed by atoms with Crippen LogP contribution in [0, 0.1) is 5.92 Å². The molecule has 1 aliphatic carbocycles. The Morgan fingerprint density at radius 3 is 3.00 bits per heavy atom. The van der Waals surface area contributed by atoms with Gasteiger partial charge >= 0.3 is 0 Å². The Bertz CT molecular complexity index is 378. The molecule has 2 atom stereocenters. The Labute approximate surface area is 111 Å². The van der Waals surface area contributed by atoms with E-state index in [1.165, 1.54) is 31.4 Å². The molecule has 100 valence electrons. The van der Waals surface area contributed by atoms with Crippen molar-refractivity contribution in [3.8, 4) is 0 Å². The first-order chi connectivity index (χ1) is 8.70. The minimum Gasteiger partial charge on any atom is -0.372 e. The van der Waals surface area contributed by atoms with Crippen molar-refractivity contribution in [2.24, 2.45) is 5.92 Å². The number of rotatable bonds is 4. The van der Waals surface area contributed by atoms with Crippen LogP contribution in [0.4, 0.5) is 5.69 Å². The fourth-order valence-electron chi connectivity index (χ4n) is 2.93. The molecule has 1 saturated carbocycles. The number of nitrogens with zero attached hydrogens (tertiary/aromatic N) is 2. The van der Waals surface area contributed by atoms with E-state index in [9.17, 15) is 0 Å². The minimum atomic E-state index is 0.693. The van der Waals surface area contributed by atoms with Crippen molar-refractivity contribution >= 4 is 5.69 Å². The largest absolute Gasteiger partial charge is 0.372 e. The molecule has 2 unspecified atom stereocenters. The molecule has 1 aromatic heterocycles. The monoisotopic (exact) mass is 247 g/mol. The molecule has 1 aromatic rings. The Kier molecular flexibility index (Phi) is 4.59. The van der Waals surface area contributed by atoms with Crippen LogP contribution in [0.3, 0.4) is 0 Å². The molecule has 0 aliphatic heterocycles. The molecule has 0 spiro atoms. The smallest absolute Gasteiger partial charge is 0.0562 e. The van der Waals surface area contributed by atoms with Gasteiger partial charge in [0.1, 0.15) is 0 Å². The Morgan fingerprint density at radius 2 is 2.28 bits per heavy atom. The second-order valence-corrected chi connectivity index (χ2v) is 5.57. The number of hydrogen-bond donors (Lipinski definition) is 1. The van der Waals surface area contributed by atoms with Crippen LogP contribution in [0.2, 0.25) is 0 Å². The van der Waals surface area contributed by atoms with Crippen molar-refractivity contribution in [3.63, 3.8) is 0 Å². The molecular formula is C15H25N3. The third-order valence-electron chi connectivity index (χ3n) is 4.02. The highest BCUT2D eigenvalue weighted by molar-refractivity contribution is 5.46. The lowest BCUT2D eigenvalue weighted by atomic mass is 9.86. The molecular weight excluding hydrogens is 222 g/mol. The number of hydrogen-bond acceptors (Lipinski definition) is 3. The zero-order valence-electron chi connectivity index (χ0n) is 11.8. The first-order valence-corrected chi connectivity index (χ1v) is 7.03. The van der Waals surface area contributed by atoms with Gasteiger partial charge < -0.3 is 10.2 Å². The summed E-state index contributed by atoms with van der Waals surface area (Å²) in [6, 6.07) is 5.02. The summed E-state index contributed by atoms with van der Waals surface area (Å²) in [6.45, 7) is 3.21. The number of aromatic nitrogens is 1. The van der Waals surface area contributed by atoms with E-state index in [1.54, 1.807) is 0 Å². The van der Waals surface area contributed by atoms with Gasteiger partial charge in [-0.15, -0.1) is 0 Å². The van der Waals surface area contributed by atoms with Gasteiger partial charge in [0.2, 0.25) is 0 Å². The van der Waals surface area contributed by atoms with E-state index in [2.05, 4.69) is 41.3 Å². The number of pyridine rings is 1. The number of nitrogens with one attached hydrogen (secondary N) is 1. The van der Waals surface area contributed by atoms with Gasteiger partial charge in [-0.3, -0.25) is 4.98 Å². The van der Waals surface area contributed by atoms with E-state index in [4.69, 9.17) is 0 Å². The van der Waals surface area contributed by atoms with Gasteiger partial charge in [-0.25, -0.2) is 0 Å². The van der Waals surface area contributed by atoms with Crippen LogP contribution in [0.5, 0.6) is 0 Å². The predicted molar refractivity (Wildman–Crippen MR) is 76.8 cm³/mol. The molecule has 3 nitrogen and oxygen atoms in total. The van der Waals surface area contributed by atoms with Crippen LogP contribution in [-0.4, -0.2) is 25.1 Å². The summed E-state index contributed by atoms with van der Waals surface area (Å²) < 4.78 is 0. The molecule has 1 aliphatic rings. The van der Waals surface area contributed by atoms with Crippen LogP contribution in [0.25, 0.3) is 0 Å². The summed E-state index contributed by atoms with van der Waals surface area (Å²) in [6.07, 6.45) is 7.33. The molecule has 0 saturated heterocycles. The highest BCUT2D eigenvalue weighted by Crippen LogP contribution is 2.29. The molecule has 1 heterocycles. The average molecular weight is 247 g/mol. The maximum atomic E-state index is 4.38. The van der Waals surface area contributed by atoms with E-state index in [-0.39, 0.29) is 0 Å². The summed E-state index contributed by atoms with van der Waals surface area (Å²) in [7, 11) is 4.18. The molecule has 1 N–H and O–H groups in total. The SMILES string of the molecule is CNCc1cc(N(C)C2CCCC(C)C2)ccn1. The van der Waals surface area contributed by atoms with Crippen LogP contribution >= 0.6 is 0 Å². The van der Waals surface area contributed by atoms with Crippen LogP contribution in [0.15, 0.2) is 18.3 Å². The molecule has 1 fully saturated rings. The van der Waals surface area contributed by atoms with Gasteiger partial charge in [-0.1, -0.05) is 19.8 Å². The Hall–Kier alpha value is -1.09. The molecule has 18 heavy (non-hydrogen) atoms. The van der Waals surface area contributed by atoms with Gasteiger partial charge in [0.05, 0.1) is 5.69 Å². The van der Waals surface area contributed by atoms with Crippen molar-refractivity contribution in [1.82, 2.24) is 10.3 Å². The second-order valence-electron chi connectivity index (χ2n) is 5.57. The van der Waals surface area contributed by atoms with Crippen molar-refractivity contribution < 1.29 is 0 Å². The Morgan fingerprint density at radius 1 is 1.44 bits per heavy atom. The zero-order valence-corrected chi connectivity index (χ0v) is 11.8. The first kappa shape index (κ1) is 13.3. The van der Waals surface area contributed by atoms with Gasteiger partial charge in [0.15, 0.2) is 0 Å². The van der Waals surface area contributed by atoms with Crippen molar-refractivity contribution in [1.29, 1.82) is 0 Å². The fourth-order valence-corrected chi connectivity index (χ4v) is 2.93. The van der Waals surface area contributed by atoms with Crippen LogP contribution in [0.1, 0.15) is 38.3 Å². The average Bonchev–Trinajstić information content (AvgIpc) is 2.39. The second kappa shape index (κ2) is 6.19. The molecule has 0 radical (unpaired) electrons. The van der Waals surface area contributed by atoms with E-state index in [1.807, 2.05) is 13.2 Å². The molecule has 0 bridgehead atoms. The summed E-state index contributed by atoms with van der Waals surface area (Å²) in [5.41, 5.74) is 2.42. The van der Waals surface area contributed by atoms with Crippen LogP contribution < -0.4 is 10.2 Å². The zero-order chi connectivity index (χ0) is 13.0. The molecule has 3 heteroatoms. The van der Waals surface area contributed by atoms with E-state index in [0.717, 1.165) is 18.2 Å². The van der Waals surface area contributed by atoms with Crippen LogP contribution in [-0.2, 0) is 6.54 Å². The van der Waals surface area contributed by atoms with Gasteiger partial charge in [-0.05, 0) is 37.9 Å². The highest BCUT2D eigenvalue weighted by Gasteiger charge is 2.22. The summed E-state index contributed by atoms with van der Waals surface area (Å²) in [5.74, 6) is 0.866. The van der Waals surface area contributed by atoms with Crippen molar-refractivity contribution in [2.75, 3.05) is 19.0 Å². The Balaban J connectivity index is 2.07. The highest BCUT2D eigenvalue weighted by atomic mass is 15.1. The predicted octanol–water partition coefficient (Wildman–Crippen LogP) is 2.82. The quantitative estimate of drug-likeness (QED) is 0.887. The van der Waals surface area contributed by atoms with Gasteiger partial charge in [-0.2, -0.15) is 0 Å². The summed E-state index contributed by atoms with van der Waals surface area (Å²) in [5, 5.41) is 3.16. The lowest BCUT2D eigenvalue weighted by Crippen LogP contribution is -2.35. The van der Waals surface area contributed by atoms with E-state index < -0.39 is 0 Å². The number of anilines is 1. The van der Waals surface area contributed by atoms with Gasteiger partial charge in [0.25, 0.3) is 0 Å². The lowest BCUT2D eigenvalue weighted by Gasteiger charge is -2.35. The first-order valence-electron chi connectivity index (χ1n) is 7.03. The maximum Gasteiger partial charge on any atom is 0.0562 e. The molecule has 0 amide bonds. The summed E-state index contributed by atoms with van der Waals surface area (Å²) >= 11 is 0. The third-order valence-corrected chi connectivity index (χ3v) is 4.02. The maximum absolute atomic E-state index is 4.38. The lowest BCUT2D eigenvalue weighted by molar-refractivity contribution is 0.336. The van der Waals surface area contributed by atoms with E-state index >= 15 is 0 Å². The fraction of sp³-hybridized carbons (Fsp3) is 0.667. The summed E-state index contributed by atoms with van der Waals surface area (Å²) in [4.78, 5) is 6.82. The van der Waals surface area contributed by atoms with Crippen molar-refractivity contribution in [3.05, 3.63) is 24.0 Å². The van der Waals surface area contributed by atoms with Crippen molar-refractivity contribution in [2.45, 2.75) is 45.2 Å². The van der Waals surface area contributed by atoms with E-state index in [0.29, 0.717) is 6.04 Å². The standard InChI is InChI=1S/C15H25N3/c1-12-5-4-6-14(9-12)18(3)15-7-8-17-13(10-15)11-16-2/h7-8,10,12,14,16H,4-6,9,11H2,1-3H3. The topological polar surface area (TPSA) is 28.2 Å². The minimum absolute atomic E-state index is 0.693. The third kappa shape index (κ3) is 3.22. The molecule has 0 aromatic carbocycles. The van der Waals surface area contributed by atoms with Gasteiger partial charge in [0, 0.05) is 31.5 Å². The molecule has 2 rings (SSSR count).